The molecule has 1 aromatic carbocycles. The lowest BCUT2D eigenvalue weighted by Gasteiger charge is -2.20. The van der Waals surface area contributed by atoms with Crippen LogP contribution in [0.15, 0.2) is 32.9 Å². The molecule has 0 spiro atoms. The molecule has 0 radical (unpaired) electrons. The van der Waals surface area contributed by atoms with Crippen molar-refractivity contribution in [3.05, 3.63) is 33.7 Å². The van der Waals surface area contributed by atoms with E-state index in [4.69, 9.17) is 11.6 Å². The smallest absolute Gasteiger partial charge is 0.387 e. The number of nitrogens with zero attached hydrogens (tertiary/aromatic N) is 3. The maximum Gasteiger partial charge on any atom is 0.387 e. The van der Waals surface area contributed by atoms with Gasteiger partial charge in [0.15, 0.2) is 11.6 Å². The summed E-state index contributed by atoms with van der Waals surface area (Å²) in [5.74, 6) is -5.20. The van der Waals surface area contributed by atoms with E-state index < -0.39 is 41.8 Å². The number of hydrazone groups is 1. The lowest BCUT2D eigenvalue weighted by Crippen LogP contribution is -2.33. The number of alkyl halides is 2. The molecule has 2 amide bonds. The molecule has 1 aliphatic heterocycles. The van der Waals surface area contributed by atoms with Gasteiger partial charge >= 0.3 is 6.61 Å². The van der Waals surface area contributed by atoms with Crippen molar-refractivity contribution in [3.8, 4) is 5.75 Å². The van der Waals surface area contributed by atoms with E-state index in [-0.39, 0.29) is 17.4 Å². The van der Waals surface area contributed by atoms with Gasteiger partial charge in [0.2, 0.25) is 11.8 Å². The van der Waals surface area contributed by atoms with E-state index >= 15 is 0 Å². The number of likely N-dealkylation sites (tertiary alicyclic amines) is 1. The van der Waals surface area contributed by atoms with Crippen molar-refractivity contribution in [2.24, 2.45) is 16.9 Å². The summed E-state index contributed by atoms with van der Waals surface area (Å²) in [6.07, 6.45) is 0. The summed E-state index contributed by atoms with van der Waals surface area (Å²) in [6, 6.07) is 3.30. The van der Waals surface area contributed by atoms with Crippen molar-refractivity contribution in [2.75, 3.05) is 26.0 Å². The highest BCUT2D eigenvalue weighted by atomic mass is 79.9. The predicted molar refractivity (Wildman–Crippen MR) is 105 cm³/mol. The van der Waals surface area contributed by atoms with E-state index in [1.807, 2.05) is 0 Å². The number of amides is 2. The van der Waals surface area contributed by atoms with Crippen LogP contribution in [0.4, 0.5) is 18.9 Å². The molecule has 1 saturated heterocycles. The minimum Gasteiger partial charge on any atom is -0.429 e. The molecular weight excluding hydrogens is 481 g/mol. The fourth-order valence-corrected chi connectivity index (χ4v) is 3.68. The van der Waals surface area contributed by atoms with Crippen molar-refractivity contribution in [2.45, 2.75) is 6.61 Å². The van der Waals surface area contributed by atoms with Crippen molar-refractivity contribution in [3.63, 3.8) is 0 Å². The predicted octanol–water partition coefficient (Wildman–Crippen LogP) is 3.42. The zero-order valence-corrected chi connectivity index (χ0v) is 17.7. The van der Waals surface area contributed by atoms with Crippen LogP contribution in [0.5, 0.6) is 5.75 Å². The van der Waals surface area contributed by atoms with Gasteiger partial charge < -0.3 is 15.0 Å². The van der Waals surface area contributed by atoms with E-state index in [2.05, 4.69) is 37.8 Å². The molecule has 1 aliphatic rings. The van der Waals surface area contributed by atoms with Gasteiger partial charge in [-0.05, 0) is 12.1 Å². The zero-order chi connectivity index (χ0) is 21.9. The molecule has 29 heavy (non-hydrogen) atoms. The van der Waals surface area contributed by atoms with Gasteiger partial charge in [-0.1, -0.05) is 33.6 Å². The molecule has 7 nitrogen and oxygen atoms in total. The first kappa shape index (κ1) is 23.0. The maximum atomic E-state index is 13.9. The number of rotatable bonds is 7. The summed E-state index contributed by atoms with van der Waals surface area (Å²) < 4.78 is 43.5. The first-order valence-electron chi connectivity index (χ1n) is 8.13. The molecule has 1 aromatic rings. The van der Waals surface area contributed by atoms with E-state index in [0.29, 0.717) is 4.48 Å². The van der Waals surface area contributed by atoms with Crippen molar-refractivity contribution in [1.29, 1.82) is 0 Å². The van der Waals surface area contributed by atoms with Crippen LogP contribution in [0.3, 0.4) is 0 Å². The maximum absolute atomic E-state index is 13.9. The molecule has 0 bridgehead atoms. The largest absolute Gasteiger partial charge is 0.429 e. The highest BCUT2D eigenvalue weighted by molar-refractivity contribution is 9.11. The molecule has 2 atom stereocenters. The average Bonchev–Trinajstić information content (AvgIpc) is 2.97. The standard InChI is InChI=1S/C17H17BrClF3N4O3/c1-23-26(3)14(19)12(18)8-7-25(2)16(28)11(8)15(27)24-10-6-4-5-9(20)13(10)29-17(21)22/h4-6,8,11,17H,1,7H2,2-3H3,(H,24,27)/b14-12-/t8-,11-/m0/s1. The Morgan fingerprint density at radius 3 is 2.76 bits per heavy atom. The summed E-state index contributed by atoms with van der Waals surface area (Å²) in [5, 5.41) is 7.29. The Kier molecular flexibility index (Phi) is 7.53. The van der Waals surface area contributed by atoms with Gasteiger partial charge in [0.1, 0.15) is 11.1 Å². The number of nitrogens with one attached hydrogen (secondary N) is 1. The highest BCUT2D eigenvalue weighted by Crippen LogP contribution is 2.38. The molecule has 12 heteroatoms. The summed E-state index contributed by atoms with van der Waals surface area (Å²) in [5.41, 5.74) is -0.326. The molecule has 2 rings (SSSR count). The number of halogens is 5. The normalized spacial score (nSPS) is 19.9. The second-order valence-corrected chi connectivity index (χ2v) is 7.30. The lowest BCUT2D eigenvalue weighted by atomic mass is 9.94. The molecule has 1 N–H and O–H groups in total. The van der Waals surface area contributed by atoms with Crippen molar-refractivity contribution < 1.29 is 27.5 Å². The Labute approximate surface area is 178 Å². The molecule has 0 aliphatic carbocycles. The molecule has 0 unspecified atom stereocenters. The molecular formula is C17H17BrClF3N4O3. The number of anilines is 1. The van der Waals surface area contributed by atoms with E-state index in [1.165, 1.54) is 36.1 Å². The topological polar surface area (TPSA) is 74.2 Å². The average molecular weight is 498 g/mol. The summed E-state index contributed by atoms with van der Waals surface area (Å²) in [4.78, 5) is 26.7. The lowest BCUT2D eigenvalue weighted by molar-refractivity contribution is -0.135. The van der Waals surface area contributed by atoms with Crippen LogP contribution in [0.2, 0.25) is 0 Å². The molecule has 1 heterocycles. The third-order valence-corrected chi connectivity index (χ3v) is 5.89. The summed E-state index contributed by atoms with van der Waals surface area (Å²) in [7, 11) is 3.02. The number of hydrogen-bond acceptors (Lipinski definition) is 5. The number of carbonyl (C=O) groups is 2. The minimum atomic E-state index is -3.30. The van der Waals surface area contributed by atoms with Crippen LogP contribution >= 0.6 is 27.5 Å². The van der Waals surface area contributed by atoms with Crippen LogP contribution in [0.25, 0.3) is 0 Å². The first-order valence-corrected chi connectivity index (χ1v) is 9.30. The Hall–Kier alpha value is -2.27. The van der Waals surface area contributed by atoms with E-state index in [9.17, 15) is 22.8 Å². The number of carbonyl (C=O) groups excluding carboxylic acids is 2. The van der Waals surface area contributed by atoms with Crippen LogP contribution in [0, 0.1) is 17.7 Å². The highest BCUT2D eigenvalue weighted by Gasteiger charge is 2.46. The number of hydrogen-bond donors (Lipinski definition) is 1. The van der Waals surface area contributed by atoms with E-state index in [1.54, 1.807) is 0 Å². The number of benzene rings is 1. The Morgan fingerprint density at radius 2 is 2.17 bits per heavy atom. The fraction of sp³-hybridized carbons (Fsp3) is 0.353. The number of para-hydroxylation sites is 1. The molecule has 0 saturated carbocycles. The first-order chi connectivity index (χ1) is 13.6. The Balaban J connectivity index is 2.37. The van der Waals surface area contributed by atoms with E-state index in [0.717, 1.165) is 6.07 Å². The third-order valence-electron chi connectivity index (χ3n) is 4.25. The van der Waals surface area contributed by atoms with Crippen LogP contribution in [0.1, 0.15) is 0 Å². The van der Waals surface area contributed by atoms with Gasteiger partial charge in [-0.15, -0.1) is 0 Å². The Bertz CT molecular complexity index is 855. The summed E-state index contributed by atoms with van der Waals surface area (Å²) in [6.45, 7) is 0.198. The van der Waals surface area contributed by atoms with Crippen LogP contribution in [-0.4, -0.2) is 55.7 Å². The molecule has 1 fully saturated rings. The quantitative estimate of drug-likeness (QED) is 0.271. The second-order valence-electron chi connectivity index (χ2n) is 6.09. The monoisotopic (exact) mass is 496 g/mol. The zero-order valence-electron chi connectivity index (χ0n) is 15.3. The Morgan fingerprint density at radius 1 is 1.52 bits per heavy atom. The second kappa shape index (κ2) is 9.49. The van der Waals surface area contributed by atoms with Crippen LogP contribution < -0.4 is 10.1 Å². The van der Waals surface area contributed by atoms with Crippen LogP contribution in [-0.2, 0) is 9.59 Å². The van der Waals surface area contributed by atoms with Gasteiger partial charge in [0.05, 0.1) is 5.69 Å². The number of ether oxygens (including phenoxy) is 1. The van der Waals surface area contributed by atoms with Gasteiger partial charge in [-0.2, -0.15) is 13.9 Å². The van der Waals surface area contributed by atoms with Gasteiger partial charge in [0.25, 0.3) is 0 Å². The molecule has 0 aromatic heterocycles. The minimum absolute atomic E-state index is 0.110. The molecule has 158 valence electrons. The van der Waals surface area contributed by atoms with Crippen molar-refractivity contribution in [1.82, 2.24) is 9.91 Å². The third kappa shape index (κ3) is 5.02. The summed E-state index contributed by atoms with van der Waals surface area (Å²) >= 11 is 9.50. The van der Waals surface area contributed by atoms with Gasteiger partial charge in [-0.25, -0.2) is 4.39 Å². The SMILES string of the molecule is C=NN(C)/C(Cl)=C(\Br)[C@H]1CN(C)C(=O)[C@@H]1C(=O)Nc1cccc(F)c1OC(F)F. The fourth-order valence-electron chi connectivity index (χ4n) is 2.82. The van der Waals surface area contributed by atoms with Crippen molar-refractivity contribution >= 4 is 51.8 Å². The van der Waals surface area contributed by atoms with Gasteiger partial charge in [0, 0.05) is 37.8 Å². The van der Waals surface area contributed by atoms with Gasteiger partial charge in [-0.3, -0.25) is 14.6 Å².